The van der Waals surface area contributed by atoms with Crippen LogP contribution in [-0.2, 0) is 0 Å². The van der Waals surface area contributed by atoms with Gasteiger partial charge in [0.05, 0.1) is 0 Å². The number of hydrogen-bond donors (Lipinski definition) is 2. The molecule has 5 heteroatoms. The number of oxime groups is 1. The molecule has 0 saturated carbocycles. The molecule has 0 amide bonds. The minimum absolute atomic E-state index is 0.517. The molecule has 0 atom stereocenters. The zero-order valence-corrected chi connectivity index (χ0v) is 8.14. The van der Waals surface area contributed by atoms with Crippen molar-refractivity contribution < 1.29 is 5.21 Å². The highest BCUT2D eigenvalue weighted by molar-refractivity contribution is 7.13. The van der Waals surface area contributed by atoms with Crippen molar-refractivity contribution in [3.8, 4) is 0 Å². The molecule has 0 radical (unpaired) electrons. The molecular formula is C8H11N3OS. The number of nitrogens with zero attached hydrogens (tertiary/aromatic N) is 2. The standard InChI is InChI=1S/C8H11N3OS/c1-3-4-9-8-10-7(5-13-8)6(2)11-12/h3,5,12H,1,4H2,2H3,(H,9,10)/b11-6-. The van der Waals surface area contributed by atoms with Crippen molar-refractivity contribution in [1.82, 2.24) is 4.98 Å². The Kier molecular flexibility index (Phi) is 3.45. The van der Waals surface area contributed by atoms with Crippen molar-refractivity contribution >= 4 is 22.2 Å². The largest absolute Gasteiger partial charge is 0.411 e. The molecule has 13 heavy (non-hydrogen) atoms. The molecule has 0 aliphatic heterocycles. The third-order valence-electron chi connectivity index (χ3n) is 1.42. The molecule has 0 saturated heterocycles. The van der Waals surface area contributed by atoms with Gasteiger partial charge in [0.2, 0.25) is 0 Å². The van der Waals surface area contributed by atoms with E-state index in [1.54, 1.807) is 13.0 Å². The summed E-state index contributed by atoms with van der Waals surface area (Å²) in [6.45, 7) is 5.97. The van der Waals surface area contributed by atoms with Crippen molar-refractivity contribution in [1.29, 1.82) is 0 Å². The van der Waals surface area contributed by atoms with Crippen molar-refractivity contribution in [2.45, 2.75) is 6.92 Å². The maximum atomic E-state index is 8.49. The van der Waals surface area contributed by atoms with Gasteiger partial charge in [0.1, 0.15) is 11.4 Å². The highest BCUT2D eigenvalue weighted by atomic mass is 32.1. The smallest absolute Gasteiger partial charge is 0.183 e. The van der Waals surface area contributed by atoms with Crippen LogP contribution in [-0.4, -0.2) is 22.4 Å². The minimum atomic E-state index is 0.517. The van der Waals surface area contributed by atoms with E-state index in [2.05, 4.69) is 22.0 Å². The molecule has 1 rings (SSSR count). The maximum absolute atomic E-state index is 8.49. The fourth-order valence-electron chi connectivity index (χ4n) is 0.732. The average Bonchev–Trinajstić information content (AvgIpc) is 2.62. The minimum Gasteiger partial charge on any atom is -0.411 e. The van der Waals surface area contributed by atoms with E-state index in [0.717, 1.165) is 5.13 Å². The predicted octanol–water partition coefficient (Wildman–Crippen LogP) is 1.94. The number of hydrogen-bond acceptors (Lipinski definition) is 5. The lowest BCUT2D eigenvalue weighted by Gasteiger charge is -1.94. The number of nitrogens with one attached hydrogen (secondary N) is 1. The lowest BCUT2D eigenvalue weighted by atomic mass is 10.3. The van der Waals surface area contributed by atoms with Crippen LogP contribution in [0, 0.1) is 0 Å². The van der Waals surface area contributed by atoms with E-state index < -0.39 is 0 Å². The Labute approximate surface area is 80.6 Å². The van der Waals surface area contributed by atoms with Crippen LogP contribution in [0.4, 0.5) is 5.13 Å². The molecule has 0 aliphatic rings. The molecule has 0 aliphatic carbocycles. The average molecular weight is 197 g/mol. The summed E-state index contributed by atoms with van der Waals surface area (Å²) in [5.74, 6) is 0. The van der Waals surface area contributed by atoms with Crippen LogP contribution in [0.25, 0.3) is 0 Å². The molecule has 0 spiro atoms. The van der Waals surface area contributed by atoms with Gasteiger partial charge in [-0.2, -0.15) is 0 Å². The molecule has 1 aromatic heterocycles. The van der Waals surface area contributed by atoms with E-state index in [0.29, 0.717) is 18.0 Å². The lowest BCUT2D eigenvalue weighted by Crippen LogP contribution is -1.99. The molecule has 0 aromatic carbocycles. The van der Waals surface area contributed by atoms with Gasteiger partial charge in [0, 0.05) is 11.9 Å². The first-order valence-electron chi connectivity index (χ1n) is 3.77. The van der Waals surface area contributed by atoms with Gasteiger partial charge in [-0.3, -0.25) is 0 Å². The van der Waals surface area contributed by atoms with E-state index in [4.69, 9.17) is 5.21 Å². The summed E-state index contributed by atoms with van der Waals surface area (Å²) in [7, 11) is 0. The summed E-state index contributed by atoms with van der Waals surface area (Å²) >= 11 is 1.47. The van der Waals surface area contributed by atoms with Gasteiger partial charge in [0.15, 0.2) is 5.13 Å². The zero-order valence-electron chi connectivity index (χ0n) is 7.32. The van der Waals surface area contributed by atoms with E-state index in [1.165, 1.54) is 11.3 Å². The van der Waals surface area contributed by atoms with Crippen LogP contribution in [0.1, 0.15) is 12.6 Å². The van der Waals surface area contributed by atoms with E-state index in [1.807, 2.05) is 5.38 Å². The Balaban J connectivity index is 2.69. The monoisotopic (exact) mass is 197 g/mol. The Hall–Kier alpha value is -1.36. The highest BCUT2D eigenvalue weighted by Gasteiger charge is 2.03. The summed E-state index contributed by atoms with van der Waals surface area (Å²) in [5.41, 5.74) is 1.21. The lowest BCUT2D eigenvalue weighted by molar-refractivity contribution is 0.319. The topological polar surface area (TPSA) is 57.5 Å². The summed E-state index contributed by atoms with van der Waals surface area (Å²) < 4.78 is 0. The van der Waals surface area contributed by atoms with Crippen LogP contribution in [0.5, 0.6) is 0 Å². The Morgan fingerprint density at radius 2 is 2.69 bits per heavy atom. The van der Waals surface area contributed by atoms with Crippen molar-refractivity contribution in [2.24, 2.45) is 5.16 Å². The van der Waals surface area contributed by atoms with Crippen molar-refractivity contribution in [3.05, 3.63) is 23.7 Å². The third kappa shape index (κ3) is 2.55. The molecule has 4 nitrogen and oxygen atoms in total. The predicted molar refractivity (Wildman–Crippen MR) is 54.8 cm³/mol. The van der Waals surface area contributed by atoms with E-state index in [9.17, 15) is 0 Å². The maximum Gasteiger partial charge on any atom is 0.183 e. The Morgan fingerprint density at radius 3 is 3.31 bits per heavy atom. The van der Waals surface area contributed by atoms with Crippen LogP contribution in [0.15, 0.2) is 23.2 Å². The first-order chi connectivity index (χ1) is 6.27. The molecule has 0 fully saturated rings. The zero-order chi connectivity index (χ0) is 9.68. The van der Waals surface area contributed by atoms with Gasteiger partial charge >= 0.3 is 0 Å². The van der Waals surface area contributed by atoms with E-state index in [-0.39, 0.29) is 0 Å². The van der Waals surface area contributed by atoms with Crippen LogP contribution >= 0.6 is 11.3 Å². The van der Waals surface area contributed by atoms with Crippen molar-refractivity contribution in [3.63, 3.8) is 0 Å². The second kappa shape index (κ2) is 4.61. The van der Waals surface area contributed by atoms with Gasteiger partial charge in [-0.05, 0) is 6.92 Å². The second-order valence-corrected chi connectivity index (χ2v) is 3.25. The molecule has 0 unspecified atom stereocenters. The summed E-state index contributed by atoms with van der Waals surface area (Å²) in [6, 6.07) is 0. The Bertz CT molecular complexity index is 319. The quantitative estimate of drug-likeness (QED) is 0.335. The summed E-state index contributed by atoms with van der Waals surface area (Å²) in [6.07, 6.45) is 1.76. The highest BCUT2D eigenvalue weighted by Crippen LogP contribution is 2.15. The molecule has 2 N–H and O–H groups in total. The molecule has 70 valence electrons. The first-order valence-corrected chi connectivity index (χ1v) is 4.65. The number of thiazole rings is 1. The number of aromatic nitrogens is 1. The van der Waals surface area contributed by atoms with Gasteiger partial charge < -0.3 is 10.5 Å². The number of anilines is 1. The van der Waals surface area contributed by atoms with Crippen LogP contribution < -0.4 is 5.32 Å². The summed E-state index contributed by atoms with van der Waals surface area (Å²) in [4.78, 5) is 4.19. The second-order valence-electron chi connectivity index (χ2n) is 2.39. The normalized spacial score (nSPS) is 11.3. The van der Waals surface area contributed by atoms with Gasteiger partial charge in [-0.15, -0.1) is 17.9 Å². The van der Waals surface area contributed by atoms with Crippen LogP contribution in [0.2, 0.25) is 0 Å². The van der Waals surface area contributed by atoms with Crippen molar-refractivity contribution in [2.75, 3.05) is 11.9 Å². The van der Waals surface area contributed by atoms with E-state index >= 15 is 0 Å². The van der Waals surface area contributed by atoms with Gasteiger partial charge in [0.25, 0.3) is 0 Å². The first kappa shape index (κ1) is 9.73. The van der Waals surface area contributed by atoms with Gasteiger partial charge in [-0.1, -0.05) is 11.2 Å². The summed E-state index contributed by atoms with van der Waals surface area (Å²) in [5, 5.41) is 17.2. The molecule has 1 aromatic rings. The molecular weight excluding hydrogens is 186 g/mol. The molecule has 0 bridgehead atoms. The SMILES string of the molecule is C=CCNc1nc(/C(C)=N\O)cs1. The Morgan fingerprint density at radius 1 is 1.92 bits per heavy atom. The molecule has 1 heterocycles. The number of rotatable bonds is 4. The van der Waals surface area contributed by atoms with Gasteiger partial charge in [-0.25, -0.2) is 4.98 Å². The fraction of sp³-hybridized carbons (Fsp3) is 0.250. The third-order valence-corrected chi connectivity index (χ3v) is 2.22. The fourth-order valence-corrected chi connectivity index (χ4v) is 1.50. The van der Waals surface area contributed by atoms with Crippen LogP contribution in [0.3, 0.4) is 0 Å².